The molecule has 0 bridgehead atoms. The third kappa shape index (κ3) is 3.29. The number of thiophene rings is 1. The van der Waals surface area contributed by atoms with Gasteiger partial charge < -0.3 is 5.32 Å². The summed E-state index contributed by atoms with van der Waals surface area (Å²) in [6, 6.07) is 8.88. The zero-order valence-corrected chi connectivity index (χ0v) is 13.0. The van der Waals surface area contributed by atoms with Gasteiger partial charge in [-0.3, -0.25) is 9.48 Å². The summed E-state index contributed by atoms with van der Waals surface area (Å²) in [7, 11) is 1.83. The van der Waals surface area contributed by atoms with Crippen LogP contribution in [-0.2, 0) is 13.6 Å². The second kappa shape index (κ2) is 6.29. The summed E-state index contributed by atoms with van der Waals surface area (Å²) in [4.78, 5) is 13.1. The van der Waals surface area contributed by atoms with Crippen molar-refractivity contribution in [1.29, 1.82) is 0 Å². The highest BCUT2D eigenvalue weighted by molar-refractivity contribution is 7.13. The summed E-state index contributed by atoms with van der Waals surface area (Å²) >= 11 is 1.60. The number of aromatic nitrogens is 2. The van der Waals surface area contributed by atoms with E-state index in [-0.39, 0.29) is 12.1 Å². The summed E-state index contributed by atoms with van der Waals surface area (Å²) in [5.41, 5.74) is 1.71. The molecule has 0 aliphatic heterocycles. The first-order valence-corrected chi connectivity index (χ1v) is 7.72. The number of rotatable bonds is 4. The molecule has 2 heterocycles. The maximum atomic E-state index is 13.1. The fraction of sp³-hybridized carbons (Fsp3) is 0.125. The molecule has 0 saturated carbocycles. The van der Waals surface area contributed by atoms with Gasteiger partial charge in [0.05, 0.1) is 22.8 Å². The number of nitrogens with zero attached hydrogens (tertiary/aromatic N) is 2. The summed E-state index contributed by atoms with van der Waals surface area (Å²) in [5.74, 6) is -2.51. The lowest BCUT2D eigenvalue weighted by molar-refractivity contribution is 0.0950. The summed E-state index contributed by atoms with van der Waals surface area (Å²) in [6.45, 7) is 0.205. The first kappa shape index (κ1) is 15.4. The van der Waals surface area contributed by atoms with Crippen molar-refractivity contribution < 1.29 is 13.6 Å². The van der Waals surface area contributed by atoms with E-state index in [1.165, 1.54) is 6.07 Å². The highest BCUT2D eigenvalue weighted by atomic mass is 32.1. The van der Waals surface area contributed by atoms with E-state index in [9.17, 15) is 13.6 Å². The van der Waals surface area contributed by atoms with Gasteiger partial charge in [-0.05, 0) is 35.7 Å². The average molecular weight is 333 g/mol. The van der Waals surface area contributed by atoms with Crippen LogP contribution in [0.4, 0.5) is 8.78 Å². The fourth-order valence-electron chi connectivity index (χ4n) is 2.18. The SMILES string of the molecule is Cn1nc(CNC(=O)c2ccc(F)c(F)c2)cc1-c1cccs1. The molecule has 1 aromatic carbocycles. The number of hydrogen-bond donors (Lipinski definition) is 1. The maximum absolute atomic E-state index is 13.1. The van der Waals surface area contributed by atoms with Gasteiger partial charge in [0.2, 0.25) is 0 Å². The predicted molar refractivity (Wildman–Crippen MR) is 84.0 cm³/mol. The Morgan fingerprint density at radius 1 is 1.26 bits per heavy atom. The fourth-order valence-corrected chi connectivity index (χ4v) is 2.95. The highest BCUT2D eigenvalue weighted by Gasteiger charge is 2.12. The molecular formula is C16H13F2N3OS. The zero-order chi connectivity index (χ0) is 16.4. The third-order valence-electron chi connectivity index (χ3n) is 3.32. The number of benzene rings is 1. The number of hydrogen-bond acceptors (Lipinski definition) is 3. The zero-order valence-electron chi connectivity index (χ0n) is 12.2. The molecule has 2 aromatic heterocycles. The number of carbonyl (C=O) groups excluding carboxylic acids is 1. The highest BCUT2D eigenvalue weighted by Crippen LogP contribution is 2.24. The number of nitrogens with one attached hydrogen (secondary N) is 1. The van der Waals surface area contributed by atoms with Gasteiger partial charge in [0.25, 0.3) is 5.91 Å². The van der Waals surface area contributed by atoms with E-state index in [0.29, 0.717) is 5.69 Å². The van der Waals surface area contributed by atoms with Crippen LogP contribution >= 0.6 is 11.3 Å². The number of halogens is 2. The van der Waals surface area contributed by atoms with E-state index in [1.54, 1.807) is 16.0 Å². The number of carbonyl (C=O) groups is 1. The molecule has 0 radical (unpaired) electrons. The molecule has 3 rings (SSSR count). The van der Waals surface area contributed by atoms with Crippen molar-refractivity contribution >= 4 is 17.2 Å². The molecule has 1 amide bonds. The maximum Gasteiger partial charge on any atom is 0.251 e. The topological polar surface area (TPSA) is 46.9 Å². The largest absolute Gasteiger partial charge is 0.346 e. The van der Waals surface area contributed by atoms with E-state index < -0.39 is 17.5 Å². The minimum absolute atomic E-state index is 0.0679. The molecule has 0 aliphatic carbocycles. The minimum atomic E-state index is -1.05. The van der Waals surface area contributed by atoms with Crippen LogP contribution in [0.1, 0.15) is 16.1 Å². The van der Waals surface area contributed by atoms with Crippen LogP contribution in [0.5, 0.6) is 0 Å². The van der Waals surface area contributed by atoms with Gasteiger partial charge in [-0.2, -0.15) is 5.10 Å². The van der Waals surface area contributed by atoms with Crippen molar-refractivity contribution in [3.05, 3.63) is 64.7 Å². The standard InChI is InChI=1S/C16H13F2N3OS/c1-21-14(15-3-2-6-23-15)8-11(20-21)9-19-16(22)10-4-5-12(17)13(18)7-10/h2-8H,9H2,1H3,(H,19,22). The monoisotopic (exact) mass is 333 g/mol. The van der Waals surface area contributed by atoms with E-state index in [2.05, 4.69) is 10.4 Å². The van der Waals surface area contributed by atoms with Crippen LogP contribution in [-0.4, -0.2) is 15.7 Å². The van der Waals surface area contributed by atoms with Crippen LogP contribution in [0.3, 0.4) is 0 Å². The van der Waals surface area contributed by atoms with Crippen molar-refractivity contribution in [3.8, 4) is 10.6 Å². The van der Waals surface area contributed by atoms with Crippen LogP contribution in [0.2, 0.25) is 0 Å². The normalized spacial score (nSPS) is 10.7. The molecule has 23 heavy (non-hydrogen) atoms. The quantitative estimate of drug-likeness (QED) is 0.796. The number of aryl methyl sites for hydroxylation is 1. The van der Waals surface area contributed by atoms with Crippen molar-refractivity contribution in [1.82, 2.24) is 15.1 Å². The lowest BCUT2D eigenvalue weighted by atomic mass is 10.2. The Morgan fingerprint density at radius 3 is 2.78 bits per heavy atom. The van der Waals surface area contributed by atoms with Crippen molar-refractivity contribution in [2.45, 2.75) is 6.54 Å². The van der Waals surface area contributed by atoms with Crippen molar-refractivity contribution in [2.75, 3.05) is 0 Å². The Labute approximate surface area is 135 Å². The second-order valence-electron chi connectivity index (χ2n) is 4.93. The first-order valence-electron chi connectivity index (χ1n) is 6.84. The Balaban J connectivity index is 1.70. The minimum Gasteiger partial charge on any atom is -0.346 e. The smallest absolute Gasteiger partial charge is 0.251 e. The van der Waals surface area contributed by atoms with Crippen LogP contribution < -0.4 is 5.32 Å². The molecule has 118 valence electrons. The average Bonchev–Trinajstić information content (AvgIpc) is 3.17. The Kier molecular flexibility index (Phi) is 4.20. The van der Waals surface area contributed by atoms with Gasteiger partial charge in [-0.1, -0.05) is 6.07 Å². The lowest BCUT2D eigenvalue weighted by Crippen LogP contribution is -2.23. The van der Waals surface area contributed by atoms with E-state index in [1.807, 2.05) is 30.6 Å². The summed E-state index contributed by atoms with van der Waals surface area (Å²) < 4.78 is 27.8. The third-order valence-corrected chi connectivity index (χ3v) is 4.21. The molecule has 0 unspecified atom stereocenters. The lowest BCUT2D eigenvalue weighted by Gasteiger charge is -2.03. The predicted octanol–water partition coefficient (Wildman–Crippen LogP) is 3.36. The molecule has 3 aromatic rings. The molecule has 0 aliphatic rings. The van der Waals surface area contributed by atoms with Gasteiger partial charge in [0, 0.05) is 12.6 Å². The van der Waals surface area contributed by atoms with E-state index in [4.69, 9.17) is 0 Å². The Bertz CT molecular complexity index is 843. The molecule has 7 heteroatoms. The molecule has 0 spiro atoms. The molecular weight excluding hydrogens is 320 g/mol. The van der Waals surface area contributed by atoms with Crippen LogP contribution in [0.25, 0.3) is 10.6 Å². The molecule has 4 nitrogen and oxygen atoms in total. The van der Waals surface area contributed by atoms with Crippen LogP contribution in [0, 0.1) is 11.6 Å². The summed E-state index contributed by atoms with van der Waals surface area (Å²) in [6.07, 6.45) is 0. The molecule has 0 fully saturated rings. The molecule has 0 atom stereocenters. The molecule has 1 N–H and O–H groups in total. The van der Waals surface area contributed by atoms with E-state index >= 15 is 0 Å². The molecule has 0 saturated heterocycles. The first-order chi connectivity index (χ1) is 11.0. The van der Waals surface area contributed by atoms with Gasteiger partial charge in [-0.15, -0.1) is 11.3 Å². The Morgan fingerprint density at radius 2 is 2.09 bits per heavy atom. The number of amides is 1. The van der Waals surface area contributed by atoms with E-state index in [0.717, 1.165) is 22.7 Å². The summed E-state index contributed by atoms with van der Waals surface area (Å²) in [5, 5.41) is 8.96. The van der Waals surface area contributed by atoms with Gasteiger partial charge in [0.1, 0.15) is 0 Å². The Hall–Kier alpha value is -2.54. The second-order valence-corrected chi connectivity index (χ2v) is 5.88. The van der Waals surface area contributed by atoms with Gasteiger partial charge >= 0.3 is 0 Å². The van der Waals surface area contributed by atoms with Gasteiger partial charge in [0.15, 0.2) is 11.6 Å². The van der Waals surface area contributed by atoms with Gasteiger partial charge in [-0.25, -0.2) is 8.78 Å². The van der Waals surface area contributed by atoms with Crippen LogP contribution in [0.15, 0.2) is 41.8 Å². The van der Waals surface area contributed by atoms with Crippen molar-refractivity contribution in [3.63, 3.8) is 0 Å². The van der Waals surface area contributed by atoms with Crippen molar-refractivity contribution in [2.24, 2.45) is 7.05 Å².